The molecule has 0 saturated carbocycles. The number of carbonyl (C=O) groups is 1. The van der Waals surface area contributed by atoms with Crippen molar-refractivity contribution in [2.45, 2.75) is 13.0 Å². The summed E-state index contributed by atoms with van der Waals surface area (Å²) in [6.07, 6.45) is 6.99. The summed E-state index contributed by atoms with van der Waals surface area (Å²) >= 11 is 0. The molecule has 2 aromatic heterocycles. The van der Waals surface area contributed by atoms with E-state index in [0.29, 0.717) is 5.56 Å². The van der Waals surface area contributed by atoms with Crippen LogP contribution in [0.5, 0.6) is 0 Å². The second-order valence-corrected chi connectivity index (χ2v) is 7.25. The van der Waals surface area contributed by atoms with E-state index < -0.39 is 0 Å². The van der Waals surface area contributed by atoms with Crippen LogP contribution in [-0.4, -0.2) is 47.0 Å². The zero-order valence-corrected chi connectivity index (χ0v) is 16.7. The maximum absolute atomic E-state index is 12.7. The highest BCUT2D eigenvalue weighted by Gasteiger charge is 2.15. The number of rotatable bonds is 5. The van der Waals surface area contributed by atoms with Gasteiger partial charge in [-0.05, 0) is 30.7 Å². The Labute approximate surface area is 170 Å². The fourth-order valence-electron chi connectivity index (χ4n) is 3.45. The van der Waals surface area contributed by atoms with Crippen LogP contribution in [0.15, 0.2) is 55.1 Å². The molecular weight excluding hydrogens is 366 g/mol. The lowest BCUT2D eigenvalue weighted by molar-refractivity contribution is 0.0939. The number of aromatic nitrogens is 3. The number of ether oxygens (including phenoxy) is 1. The maximum Gasteiger partial charge on any atom is 0.253 e. The highest BCUT2D eigenvalue weighted by atomic mass is 16.5. The van der Waals surface area contributed by atoms with Gasteiger partial charge in [-0.2, -0.15) is 5.10 Å². The van der Waals surface area contributed by atoms with Gasteiger partial charge in [0.05, 0.1) is 31.0 Å². The van der Waals surface area contributed by atoms with Crippen molar-refractivity contribution in [2.75, 3.05) is 31.2 Å². The summed E-state index contributed by atoms with van der Waals surface area (Å²) in [5, 5.41) is 7.24. The van der Waals surface area contributed by atoms with Gasteiger partial charge in [-0.15, -0.1) is 0 Å². The van der Waals surface area contributed by atoms with E-state index in [-0.39, 0.29) is 11.9 Å². The molecule has 7 nitrogen and oxygen atoms in total. The van der Waals surface area contributed by atoms with Gasteiger partial charge in [-0.25, -0.2) is 0 Å². The number of aryl methyl sites for hydroxylation is 1. The Hall–Kier alpha value is -3.19. The molecule has 1 amide bonds. The van der Waals surface area contributed by atoms with Gasteiger partial charge in [0.25, 0.3) is 5.91 Å². The number of hydrogen-bond acceptors (Lipinski definition) is 5. The Morgan fingerprint density at radius 3 is 2.55 bits per heavy atom. The lowest BCUT2D eigenvalue weighted by Gasteiger charge is -2.29. The maximum atomic E-state index is 12.7. The molecule has 1 atom stereocenters. The van der Waals surface area contributed by atoms with Crippen molar-refractivity contribution in [2.24, 2.45) is 7.05 Å². The van der Waals surface area contributed by atoms with Crippen LogP contribution >= 0.6 is 0 Å². The number of morpholine rings is 1. The Balaban J connectivity index is 1.43. The van der Waals surface area contributed by atoms with Gasteiger partial charge >= 0.3 is 0 Å². The second-order valence-electron chi connectivity index (χ2n) is 7.25. The fourth-order valence-corrected chi connectivity index (χ4v) is 3.45. The van der Waals surface area contributed by atoms with E-state index in [9.17, 15) is 4.79 Å². The van der Waals surface area contributed by atoms with Gasteiger partial charge < -0.3 is 15.0 Å². The van der Waals surface area contributed by atoms with Crippen molar-refractivity contribution in [1.29, 1.82) is 0 Å². The van der Waals surface area contributed by atoms with Crippen molar-refractivity contribution in [3.8, 4) is 11.1 Å². The van der Waals surface area contributed by atoms with Gasteiger partial charge in [0, 0.05) is 55.5 Å². The molecule has 0 bridgehead atoms. The molecule has 0 spiro atoms. The van der Waals surface area contributed by atoms with Gasteiger partial charge in [0.1, 0.15) is 0 Å². The quantitative estimate of drug-likeness (QED) is 0.724. The number of amides is 1. The molecule has 150 valence electrons. The zero-order chi connectivity index (χ0) is 20.2. The van der Waals surface area contributed by atoms with Crippen LogP contribution < -0.4 is 10.2 Å². The van der Waals surface area contributed by atoms with E-state index >= 15 is 0 Å². The number of nitrogens with zero attached hydrogens (tertiary/aromatic N) is 4. The van der Waals surface area contributed by atoms with Crippen LogP contribution in [0.1, 0.15) is 28.9 Å². The summed E-state index contributed by atoms with van der Waals surface area (Å²) in [5.41, 5.74) is 4.58. The summed E-state index contributed by atoms with van der Waals surface area (Å²) in [4.78, 5) is 19.3. The molecule has 29 heavy (non-hydrogen) atoms. The third-order valence-corrected chi connectivity index (χ3v) is 5.16. The van der Waals surface area contributed by atoms with E-state index in [2.05, 4.69) is 44.6 Å². The monoisotopic (exact) mass is 391 g/mol. The molecule has 0 unspecified atom stereocenters. The third kappa shape index (κ3) is 4.46. The van der Waals surface area contributed by atoms with Crippen molar-refractivity contribution in [3.05, 3.63) is 66.2 Å². The third-order valence-electron chi connectivity index (χ3n) is 5.16. The Morgan fingerprint density at radius 1 is 1.10 bits per heavy atom. The first-order valence-corrected chi connectivity index (χ1v) is 9.78. The highest BCUT2D eigenvalue weighted by Crippen LogP contribution is 2.22. The topological polar surface area (TPSA) is 72.3 Å². The van der Waals surface area contributed by atoms with E-state index in [1.165, 1.54) is 5.69 Å². The lowest BCUT2D eigenvalue weighted by atomic mass is 10.1. The number of benzene rings is 1. The number of nitrogens with one attached hydrogen (secondary N) is 1. The van der Waals surface area contributed by atoms with E-state index in [4.69, 9.17) is 4.74 Å². The SMILES string of the molecule is C[C@H](NC(=O)c1cncc(-c2cnn(C)c2)c1)c1ccc(N2CCOCC2)cc1. The molecule has 1 fully saturated rings. The van der Waals surface area contributed by atoms with Crippen molar-refractivity contribution < 1.29 is 9.53 Å². The average Bonchev–Trinajstić information content (AvgIpc) is 3.21. The van der Waals surface area contributed by atoms with Crippen LogP contribution in [0.25, 0.3) is 11.1 Å². The minimum absolute atomic E-state index is 0.108. The number of hydrogen-bond donors (Lipinski definition) is 1. The van der Waals surface area contributed by atoms with Crippen LogP contribution in [0, 0.1) is 0 Å². The normalized spacial score (nSPS) is 15.2. The zero-order valence-electron chi connectivity index (χ0n) is 16.7. The first-order valence-electron chi connectivity index (χ1n) is 9.78. The van der Waals surface area contributed by atoms with Crippen molar-refractivity contribution in [1.82, 2.24) is 20.1 Å². The van der Waals surface area contributed by atoms with Gasteiger partial charge in [0.2, 0.25) is 0 Å². The summed E-state index contributed by atoms with van der Waals surface area (Å²) < 4.78 is 7.13. The van der Waals surface area contributed by atoms with Gasteiger partial charge in [-0.3, -0.25) is 14.5 Å². The van der Waals surface area contributed by atoms with Crippen LogP contribution in [0.3, 0.4) is 0 Å². The summed E-state index contributed by atoms with van der Waals surface area (Å²) in [6, 6.07) is 10.1. The molecule has 1 N–H and O–H groups in total. The largest absolute Gasteiger partial charge is 0.378 e. The van der Waals surface area contributed by atoms with Crippen LogP contribution in [-0.2, 0) is 11.8 Å². The first kappa shape index (κ1) is 19.1. The van der Waals surface area contributed by atoms with Crippen molar-refractivity contribution >= 4 is 11.6 Å². The van der Waals surface area contributed by atoms with E-state index in [1.807, 2.05) is 26.2 Å². The van der Waals surface area contributed by atoms with E-state index in [0.717, 1.165) is 43.0 Å². The predicted octanol–water partition coefficient (Wildman–Crippen LogP) is 2.81. The first-order chi connectivity index (χ1) is 14.1. The highest BCUT2D eigenvalue weighted by molar-refractivity contribution is 5.95. The fraction of sp³-hybridized carbons (Fsp3) is 0.318. The second kappa shape index (κ2) is 8.45. The average molecular weight is 391 g/mol. The standard InChI is InChI=1S/C22H25N5O2/c1-16(17-3-5-21(6-4-17)27-7-9-29-10-8-27)25-22(28)19-11-18(12-23-13-19)20-14-24-26(2)15-20/h3-6,11-16H,7-10H2,1-2H3,(H,25,28)/t16-/m0/s1. The number of pyridine rings is 1. The molecule has 1 aromatic carbocycles. The van der Waals surface area contributed by atoms with Gasteiger partial charge in [0.15, 0.2) is 0 Å². The van der Waals surface area contributed by atoms with Crippen LogP contribution in [0.2, 0.25) is 0 Å². The predicted molar refractivity (Wildman–Crippen MR) is 112 cm³/mol. The van der Waals surface area contributed by atoms with Gasteiger partial charge in [-0.1, -0.05) is 12.1 Å². The minimum Gasteiger partial charge on any atom is -0.378 e. The molecule has 1 aliphatic rings. The van der Waals surface area contributed by atoms with Crippen molar-refractivity contribution in [3.63, 3.8) is 0 Å². The molecular formula is C22H25N5O2. The Morgan fingerprint density at radius 2 is 1.86 bits per heavy atom. The lowest BCUT2D eigenvalue weighted by Crippen LogP contribution is -2.36. The molecule has 3 aromatic rings. The molecule has 7 heteroatoms. The Bertz CT molecular complexity index is 977. The minimum atomic E-state index is -0.145. The molecule has 0 aliphatic carbocycles. The molecule has 1 saturated heterocycles. The van der Waals surface area contributed by atoms with E-state index in [1.54, 1.807) is 23.3 Å². The number of carbonyl (C=O) groups excluding carboxylic acids is 1. The molecule has 0 radical (unpaired) electrons. The molecule has 1 aliphatic heterocycles. The summed E-state index contributed by atoms with van der Waals surface area (Å²) in [5.74, 6) is -0.145. The molecule has 3 heterocycles. The van der Waals surface area contributed by atoms with Crippen LogP contribution in [0.4, 0.5) is 5.69 Å². The molecule has 4 rings (SSSR count). The number of anilines is 1. The summed E-state index contributed by atoms with van der Waals surface area (Å²) in [7, 11) is 1.86. The summed E-state index contributed by atoms with van der Waals surface area (Å²) in [6.45, 7) is 5.33. The smallest absolute Gasteiger partial charge is 0.253 e. The Kier molecular flexibility index (Phi) is 5.57.